The van der Waals surface area contributed by atoms with E-state index in [0.717, 1.165) is 6.07 Å². The van der Waals surface area contributed by atoms with E-state index in [9.17, 15) is 18.3 Å². The van der Waals surface area contributed by atoms with E-state index >= 15 is 0 Å². The van der Waals surface area contributed by atoms with Gasteiger partial charge in [-0.3, -0.25) is 0 Å². The number of nitrogens with one attached hydrogen (secondary N) is 1. The van der Waals surface area contributed by atoms with Gasteiger partial charge in [0.1, 0.15) is 17.3 Å². The monoisotopic (exact) mass is 352 g/mol. The van der Waals surface area contributed by atoms with Crippen molar-refractivity contribution in [1.29, 1.82) is 0 Å². The number of anilines is 1. The number of rotatable bonds is 3. The molecule has 0 saturated heterocycles. The molecule has 0 aliphatic carbocycles. The average Bonchev–Trinajstić information content (AvgIpc) is 2.54. The van der Waals surface area contributed by atoms with Crippen molar-refractivity contribution < 1.29 is 18.3 Å². The van der Waals surface area contributed by atoms with Gasteiger partial charge in [0.25, 0.3) is 0 Å². The highest BCUT2D eigenvalue weighted by Gasteiger charge is 2.33. The number of benzene rings is 2. The number of phenols is 1. The van der Waals surface area contributed by atoms with Crippen LogP contribution in [0.2, 0.25) is 5.02 Å². The Balaban J connectivity index is 2.00. The smallest absolute Gasteiger partial charge is 0.433 e. The fraction of sp³-hybridized carbons (Fsp3) is 0.118. The van der Waals surface area contributed by atoms with Crippen LogP contribution in [0.3, 0.4) is 0 Å². The normalized spacial score (nSPS) is 11.7. The first-order chi connectivity index (χ1) is 11.3. The van der Waals surface area contributed by atoms with E-state index in [1.54, 1.807) is 24.3 Å². The maximum absolute atomic E-state index is 13.0. The second-order valence-corrected chi connectivity index (χ2v) is 5.61. The zero-order valence-corrected chi connectivity index (χ0v) is 13.0. The Kier molecular flexibility index (Phi) is 4.24. The van der Waals surface area contributed by atoms with Gasteiger partial charge in [-0.15, -0.1) is 0 Å². The predicted octanol–water partition coefficient (Wildman–Crippen LogP) is 5.22. The summed E-state index contributed by atoms with van der Waals surface area (Å²) < 4.78 is 39.1. The molecule has 2 N–H and O–H groups in total. The van der Waals surface area contributed by atoms with Crippen molar-refractivity contribution in [2.45, 2.75) is 12.7 Å². The Morgan fingerprint density at radius 1 is 1.08 bits per heavy atom. The summed E-state index contributed by atoms with van der Waals surface area (Å²) >= 11 is 6.03. The average molecular weight is 353 g/mol. The Morgan fingerprint density at radius 2 is 1.83 bits per heavy atom. The predicted molar refractivity (Wildman–Crippen MR) is 87.2 cm³/mol. The van der Waals surface area contributed by atoms with E-state index in [0.29, 0.717) is 21.4 Å². The molecular weight excluding hydrogens is 341 g/mol. The van der Waals surface area contributed by atoms with Gasteiger partial charge in [0.15, 0.2) is 0 Å². The van der Waals surface area contributed by atoms with Gasteiger partial charge < -0.3 is 10.4 Å². The molecule has 3 nitrogen and oxygen atoms in total. The molecule has 0 unspecified atom stereocenters. The quantitative estimate of drug-likeness (QED) is 0.679. The van der Waals surface area contributed by atoms with Crippen LogP contribution in [0.15, 0.2) is 48.5 Å². The molecule has 0 bridgehead atoms. The highest BCUT2D eigenvalue weighted by Crippen LogP contribution is 2.33. The number of alkyl halides is 3. The molecule has 0 saturated carbocycles. The van der Waals surface area contributed by atoms with E-state index in [4.69, 9.17) is 11.6 Å². The zero-order valence-electron chi connectivity index (χ0n) is 12.2. The number of fused-ring (bicyclic) bond motifs is 1. The molecular formula is C17H12ClF3N2O. The first-order valence-corrected chi connectivity index (χ1v) is 7.40. The minimum absolute atomic E-state index is 0.0260. The van der Waals surface area contributed by atoms with E-state index in [-0.39, 0.29) is 18.1 Å². The molecule has 3 aromatic rings. The zero-order chi connectivity index (χ0) is 17.3. The van der Waals surface area contributed by atoms with Crippen molar-refractivity contribution in [3.05, 3.63) is 64.8 Å². The molecule has 0 aliphatic rings. The van der Waals surface area contributed by atoms with Crippen LogP contribution in [0, 0.1) is 0 Å². The van der Waals surface area contributed by atoms with Crippen molar-refractivity contribution in [2.75, 3.05) is 5.32 Å². The SMILES string of the molecule is Oc1ccc(Cl)c(CNc2nc(C(F)(F)F)cc3ccccc23)c1. The van der Waals surface area contributed by atoms with Crippen LogP contribution in [0.4, 0.5) is 19.0 Å². The highest BCUT2D eigenvalue weighted by molar-refractivity contribution is 6.31. The Hall–Kier alpha value is -2.47. The van der Waals surface area contributed by atoms with E-state index in [1.807, 2.05) is 0 Å². The second-order valence-electron chi connectivity index (χ2n) is 5.20. The summed E-state index contributed by atoms with van der Waals surface area (Å²) in [7, 11) is 0. The molecule has 1 heterocycles. The van der Waals surface area contributed by atoms with Gasteiger partial charge in [0, 0.05) is 17.0 Å². The van der Waals surface area contributed by atoms with E-state index in [1.165, 1.54) is 18.2 Å². The van der Waals surface area contributed by atoms with Crippen molar-refractivity contribution in [2.24, 2.45) is 0 Å². The summed E-state index contributed by atoms with van der Waals surface area (Å²) in [6.07, 6.45) is -4.54. The Bertz CT molecular complexity index is 897. The lowest BCUT2D eigenvalue weighted by atomic mass is 10.1. The molecule has 0 radical (unpaired) electrons. The number of pyridine rings is 1. The molecule has 1 aromatic heterocycles. The minimum atomic E-state index is -4.54. The Morgan fingerprint density at radius 3 is 2.58 bits per heavy atom. The standard InChI is InChI=1S/C17H12ClF3N2O/c18-14-6-5-12(24)7-11(14)9-22-16-13-4-2-1-3-10(13)8-15(23-16)17(19,20)21/h1-8,24H,9H2,(H,22,23). The number of aromatic hydroxyl groups is 1. The van der Waals surface area contributed by atoms with Gasteiger partial charge in [-0.1, -0.05) is 35.9 Å². The molecule has 7 heteroatoms. The molecule has 3 rings (SSSR count). The lowest BCUT2D eigenvalue weighted by Crippen LogP contribution is -2.11. The summed E-state index contributed by atoms with van der Waals surface area (Å²) in [5.74, 6) is 0.137. The van der Waals surface area contributed by atoms with Crippen LogP contribution in [0.5, 0.6) is 5.75 Å². The molecule has 24 heavy (non-hydrogen) atoms. The summed E-state index contributed by atoms with van der Waals surface area (Å²) in [4.78, 5) is 3.70. The third-order valence-electron chi connectivity index (χ3n) is 3.51. The van der Waals surface area contributed by atoms with Gasteiger partial charge in [0.2, 0.25) is 0 Å². The maximum Gasteiger partial charge on any atom is 0.433 e. The topological polar surface area (TPSA) is 45.1 Å². The fourth-order valence-electron chi connectivity index (χ4n) is 2.35. The number of aromatic nitrogens is 1. The lowest BCUT2D eigenvalue weighted by Gasteiger charge is -2.14. The number of phenolic OH excluding ortho intramolecular Hbond substituents is 1. The Labute approximate surface area is 140 Å². The van der Waals surface area contributed by atoms with Gasteiger partial charge in [0.05, 0.1) is 0 Å². The van der Waals surface area contributed by atoms with Crippen LogP contribution >= 0.6 is 11.6 Å². The van der Waals surface area contributed by atoms with Crippen molar-refractivity contribution >= 4 is 28.2 Å². The van der Waals surface area contributed by atoms with Gasteiger partial charge in [-0.05, 0) is 35.2 Å². The molecule has 2 aromatic carbocycles. The van der Waals surface area contributed by atoms with Gasteiger partial charge in [-0.2, -0.15) is 13.2 Å². The van der Waals surface area contributed by atoms with Crippen LogP contribution in [0.1, 0.15) is 11.3 Å². The minimum Gasteiger partial charge on any atom is -0.508 e. The van der Waals surface area contributed by atoms with Gasteiger partial charge >= 0.3 is 6.18 Å². The molecule has 0 aliphatic heterocycles. The third kappa shape index (κ3) is 3.38. The second kappa shape index (κ2) is 6.20. The van der Waals surface area contributed by atoms with Crippen LogP contribution in [-0.2, 0) is 12.7 Å². The number of nitrogens with zero attached hydrogens (tertiary/aromatic N) is 1. The van der Waals surface area contributed by atoms with Gasteiger partial charge in [-0.25, -0.2) is 4.98 Å². The number of halogens is 4. The van der Waals surface area contributed by atoms with Crippen LogP contribution in [0.25, 0.3) is 10.8 Å². The molecule has 124 valence electrons. The third-order valence-corrected chi connectivity index (χ3v) is 3.88. The lowest BCUT2D eigenvalue weighted by molar-refractivity contribution is -0.140. The number of hydrogen-bond acceptors (Lipinski definition) is 3. The maximum atomic E-state index is 13.0. The molecule has 0 fully saturated rings. The van der Waals surface area contributed by atoms with Crippen molar-refractivity contribution in [3.63, 3.8) is 0 Å². The summed E-state index contributed by atoms with van der Waals surface area (Å²) in [5, 5.41) is 13.8. The first kappa shape index (κ1) is 16.4. The van der Waals surface area contributed by atoms with E-state index < -0.39 is 11.9 Å². The highest BCUT2D eigenvalue weighted by atomic mass is 35.5. The van der Waals surface area contributed by atoms with Crippen LogP contribution in [-0.4, -0.2) is 10.1 Å². The molecule has 0 spiro atoms. The van der Waals surface area contributed by atoms with Crippen molar-refractivity contribution in [1.82, 2.24) is 4.98 Å². The number of hydrogen-bond donors (Lipinski definition) is 2. The van der Waals surface area contributed by atoms with Crippen molar-refractivity contribution in [3.8, 4) is 5.75 Å². The summed E-state index contributed by atoms with van der Waals surface area (Å²) in [6.45, 7) is 0.130. The van der Waals surface area contributed by atoms with E-state index in [2.05, 4.69) is 10.3 Å². The molecule has 0 atom stereocenters. The summed E-state index contributed by atoms with van der Waals surface area (Å²) in [6, 6.07) is 12.1. The molecule has 0 amide bonds. The fourth-order valence-corrected chi connectivity index (χ4v) is 2.54. The first-order valence-electron chi connectivity index (χ1n) is 7.03. The summed E-state index contributed by atoms with van der Waals surface area (Å²) in [5.41, 5.74) is -0.411. The largest absolute Gasteiger partial charge is 0.508 e. The van der Waals surface area contributed by atoms with Crippen LogP contribution < -0.4 is 5.32 Å².